The molecule has 0 fully saturated rings. The van der Waals surface area contributed by atoms with Crippen molar-refractivity contribution in [3.05, 3.63) is 24.0 Å². The molecule has 0 amide bonds. The van der Waals surface area contributed by atoms with Crippen LogP contribution in [-0.2, 0) is 10.0 Å². The molecule has 0 saturated carbocycles. The summed E-state index contributed by atoms with van der Waals surface area (Å²) >= 11 is 0. The molecule has 0 aliphatic heterocycles. The molecule has 5 nitrogen and oxygen atoms in total. The molecule has 108 valence electrons. The van der Waals surface area contributed by atoms with Gasteiger partial charge in [0.25, 0.3) is 0 Å². The second kappa shape index (κ2) is 6.31. The van der Waals surface area contributed by atoms with E-state index < -0.39 is 15.8 Å². The lowest BCUT2D eigenvalue weighted by Crippen LogP contribution is -2.30. The molecule has 1 aromatic carbocycles. The molecule has 0 aliphatic rings. The molecule has 1 aromatic rings. The molecule has 0 aromatic heterocycles. The normalized spacial score (nSPS) is 12.3. The van der Waals surface area contributed by atoms with Crippen LogP contribution in [0.4, 0.5) is 10.1 Å². The highest BCUT2D eigenvalue weighted by atomic mass is 32.2. The monoisotopic (exact) mass is 289 g/mol. The highest BCUT2D eigenvalue weighted by Crippen LogP contribution is 2.19. The van der Waals surface area contributed by atoms with E-state index in [1.807, 2.05) is 19.0 Å². The molecule has 0 aliphatic carbocycles. The van der Waals surface area contributed by atoms with Crippen LogP contribution in [0.2, 0.25) is 0 Å². The minimum absolute atomic E-state index is 0.0127. The van der Waals surface area contributed by atoms with Gasteiger partial charge < -0.3 is 10.6 Å². The number of nitrogens with two attached hydrogens (primary N) is 1. The van der Waals surface area contributed by atoms with Crippen LogP contribution in [0.1, 0.15) is 6.42 Å². The van der Waals surface area contributed by atoms with Crippen LogP contribution in [0.5, 0.6) is 0 Å². The molecule has 0 radical (unpaired) electrons. The fourth-order valence-electron chi connectivity index (χ4n) is 1.59. The summed E-state index contributed by atoms with van der Waals surface area (Å²) in [7, 11) is 1.75. The molecule has 0 spiro atoms. The van der Waals surface area contributed by atoms with Gasteiger partial charge in [-0.15, -0.1) is 0 Å². The lowest BCUT2D eigenvalue weighted by atomic mass is 10.3. The van der Waals surface area contributed by atoms with Crippen molar-refractivity contribution in [2.24, 2.45) is 0 Å². The Hall–Kier alpha value is -1.18. The summed E-state index contributed by atoms with van der Waals surface area (Å²) in [6, 6.07) is 3.44. The molecule has 0 atom stereocenters. The Balaban J connectivity index is 2.81. The highest BCUT2D eigenvalue weighted by molar-refractivity contribution is 7.89. The predicted molar refractivity (Wildman–Crippen MR) is 73.8 cm³/mol. The van der Waals surface area contributed by atoms with E-state index >= 15 is 0 Å². The third-order valence-electron chi connectivity index (χ3n) is 2.75. The second-order valence-electron chi connectivity index (χ2n) is 4.67. The van der Waals surface area contributed by atoms with Gasteiger partial charge in [0.05, 0.1) is 10.6 Å². The third kappa shape index (κ3) is 4.15. The van der Waals surface area contributed by atoms with E-state index in [4.69, 9.17) is 5.73 Å². The van der Waals surface area contributed by atoms with Gasteiger partial charge >= 0.3 is 0 Å². The average molecular weight is 289 g/mol. The van der Waals surface area contributed by atoms with Crippen molar-refractivity contribution in [1.29, 1.82) is 0 Å². The number of rotatable bonds is 6. The van der Waals surface area contributed by atoms with Gasteiger partial charge in [0.1, 0.15) is 5.82 Å². The predicted octanol–water partition coefficient (Wildman–Crippen LogP) is 0.980. The Kier molecular flexibility index (Phi) is 5.28. The van der Waals surface area contributed by atoms with E-state index in [1.165, 1.54) is 17.4 Å². The standard InChI is InChI=1S/C12H20FN3O2S/c1-15(2)7-4-8-16(3)19(17,18)10-5-6-11(13)12(14)9-10/h5-6,9H,4,7-8,14H2,1-3H3. The van der Waals surface area contributed by atoms with Crippen molar-refractivity contribution in [2.45, 2.75) is 11.3 Å². The molecule has 0 bridgehead atoms. The molecule has 19 heavy (non-hydrogen) atoms. The first kappa shape index (κ1) is 15.9. The number of nitrogens with zero attached hydrogens (tertiary/aromatic N) is 2. The van der Waals surface area contributed by atoms with E-state index in [1.54, 1.807) is 0 Å². The number of benzene rings is 1. The van der Waals surface area contributed by atoms with Gasteiger partial charge in [0.15, 0.2) is 0 Å². The number of halogens is 1. The summed E-state index contributed by atoms with van der Waals surface area (Å²) in [5, 5.41) is 0. The molecule has 0 heterocycles. The number of anilines is 1. The quantitative estimate of drug-likeness (QED) is 0.793. The van der Waals surface area contributed by atoms with Crippen molar-refractivity contribution in [3.63, 3.8) is 0 Å². The summed E-state index contributed by atoms with van der Waals surface area (Å²) in [4.78, 5) is 2.00. The fraction of sp³-hybridized carbons (Fsp3) is 0.500. The maximum absolute atomic E-state index is 13.0. The van der Waals surface area contributed by atoms with Crippen LogP contribution in [-0.4, -0.2) is 51.9 Å². The first-order chi connectivity index (χ1) is 8.75. The van der Waals surface area contributed by atoms with Crippen molar-refractivity contribution in [3.8, 4) is 0 Å². The lowest BCUT2D eigenvalue weighted by Gasteiger charge is -2.18. The first-order valence-electron chi connectivity index (χ1n) is 5.91. The molecular weight excluding hydrogens is 269 g/mol. The Morgan fingerprint density at radius 1 is 1.21 bits per heavy atom. The average Bonchev–Trinajstić information content (AvgIpc) is 2.31. The maximum atomic E-state index is 13.0. The first-order valence-corrected chi connectivity index (χ1v) is 7.35. The molecule has 0 saturated heterocycles. The molecule has 2 N–H and O–H groups in total. The molecule has 0 unspecified atom stereocenters. The number of hydrogen-bond acceptors (Lipinski definition) is 4. The van der Waals surface area contributed by atoms with E-state index in [-0.39, 0.29) is 10.6 Å². The van der Waals surface area contributed by atoms with Crippen LogP contribution >= 0.6 is 0 Å². The zero-order valence-corrected chi connectivity index (χ0v) is 12.2. The van der Waals surface area contributed by atoms with Gasteiger partial charge in [0, 0.05) is 13.6 Å². The topological polar surface area (TPSA) is 66.6 Å². The van der Waals surface area contributed by atoms with Gasteiger partial charge in [0.2, 0.25) is 10.0 Å². The van der Waals surface area contributed by atoms with Crippen molar-refractivity contribution >= 4 is 15.7 Å². The van der Waals surface area contributed by atoms with Gasteiger partial charge in [-0.05, 0) is 45.3 Å². The van der Waals surface area contributed by atoms with Crippen LogP contribution in [0.15, 0.2) is 23.1 Å². The Bertz CT molecular complexity index is 532. The van der Waals surface area contributed by atoms with E-state index in [0.29, 0.717) is 6.54 Å². The second-order valence-corrected chi connectivity index (χ2v) is 6.71. The summed E-state index contributed by atoms with van der Waals surface area (Å²) in [6.07, 6.45) is 0.722. The SMILES string of the molecule is CN(C)CCCN(C)S(=O)(=O)c1ccc(F)c(N)c1. The van der Waals surface area contributed by atoms with E-state index in [2.05, 4.69) is 0 Å². The number of nitrogen functional groups attached to an aromatic ring is 1. The van der Waals surface area contributed by atoms with Gasteiger partial charge in [-0.3, -0.25) is 0 Å². The summed E-state index contributed by atoms with van der Waals surface area (Å²) in [5.74, 6) is -0.616. The summed E-state index contributed by atoms with van der Waals surface area (Å²) in [5.41, 5.74) is 5.23. The van der Waals surface area contributed by atoms with Gasteiger partial charge in [-0.1, -0.05) is 0 Å². The van der Waals surface area contributed by atoms with E-state index in [9.17, 15) is 12.8 Å². The minimum atomic E-state index is -3.61. The van der Waals surface area contributed by atoms with Crippen molar-refractivity contribution < 1.29 is 12.8 Å². The smallest absolute Gasteiger partial charge is 0.242 e. The van der Waals surface area contributed by atoms with Crippen LogP contribution < -0.4 is 5.73 Å². The minimum Gasteiger partial charge on any atom is -0.396 e. The summed E-state index contributed by atoms with van der Waals surface area (Å²) in [6.45, 7) is 1.20. The highest BCUT2D eigenvalue weighted by Gasteiger charge is 2.21. The largest absolute Gasteiger partial charge is 0.396 e. The summed E-state index contributed by atoms with van der Waals surface area (Å²) < 4.78 is 38.7. The van der Waals surface area contributed by atoms with Crippen molar-refractivity contribution in [1.82, 2.24) is 9.21 Å². The lowest BCUT2D eigenvalue weighted by molar-refractivity contribution is 0.370. The van der Waals surface area contributed by atoms with Crippen LogP contribution in [0.3, 0.4) is 0 Å². The maximum Gasteiger partial charge on any atom is 0.242 e. The van der Waals surface area contributed by atoms with Crippen LogP contribution in [0.25, 0.3) is 0 Å². The van der Waals surface area contributed by atoms with E-state index in [0.717, 1.165) is 25.1 Å². The third-order valence-corrected chi connectivity index (χ3v) is 4.61. The molecule has 1 rings (SSSR count). The fourth-order valence-corrected chi connectivity index (χ4v) is 2.84. The zero-order chi connectivity index (χ0) is 14.6. The Morgan fingerprint density at radius 3 is 2.37 bits per heavy atom. The van der Waals surface area contributed by atoms with Crippen molar-refractivity contribution in [2.75, 3.05) is 40.0 Å². The molecule has 7 heteroatoms. The number of sulfonamides is 1. The Morgan fingerprint density at radius 2 is 1.84 bits per heavy atom. The van der Waals surface area contributed by atoms with Crippen LogP contribution in [0, 0.1) is 5.82 Å². The number of hydrogen-bond donors (Lipinski definition) is 1. The Labute approximate surface area is 113 Å². The zero-order valence-electron chi connectivity index (χ0n) is 11.4. The van der Waals surface area contributed by atoms with Gasteiger partial charge in [-0.2, -0.15) is 0 Å². The van der Waals surface area contributed by atoms with Gasteiger partial charge in [-0.25, -0.2) is 17.1 Å². The molecular formula is C12H20FN3O2S.